The zero-order valence-corrected chi connectivity index (χ0v) is 10.8. The molecule has 0 bridgehead atoms. The largest absolute Gasteiger partial charge is 0.397 e. The second-order valence-electron chi connectivity index (χ2n) is 4.91. The minimum absolute atomic E-state index is 0.806. The van der Waals surface area contributed by atoms with Gasteiger partial charge in [-0.15, -0.1) is 0 Å². The van der Waals surface area contributed by atoms with Crippen LogP contribution in [-0.4, -0.2) is 54.6 Å². The van der Waals surface area contributed by atoms with E-state index < -0.39 is 0 Å². The van der Waals surface area contributed by atoms with Crippen molar-refractivity contribution >= 4 is 5.69 Å². The van der Waals surface area contributed by atoms with Crippen LogP contribution in [0.15, 0.2) is 12.3 Å². The number of aromatic nitrogens is 1. The Labute approximate surface area is 103 Å². The lowest BCUT2D eigenvalue weighted by Gasteiger charge is -2.32. The van der Waals surface area contributed by atoms with E-state index in [1.807, 2.05) is 13.1 Å². The average Bonchev–Trinajstić information content (AvgIpc) is 2.33. The first-order chi connectivity index (χ1) is 8.15. The first kappa shape index (κ1) is 12.3. The minimum Gasteiger partial charge on any atom is -0.397 e. The van der Waals surface area contributed by atoms with Gasteiger partial charge in [-0.2, -0.15) is 0 Å². The van der Waals surface area contributed by atoms with E-state index in [2.05, 4.69) is 27.9 Å². The fraction of sp³-hybridized carbons (Fsp3) is 0.615. The average molecular weight is 234 g/mol. The van der Waals surface area contributed by atoms with Gasteiger partial charge in [-0.1, -0.05) is 0 Å². The van der Waals surface area contributed by atoms with Crippen LogP contribution in [0.2, 0.25) is 0 Å². The number of rotatable bonds is 3. The molecule has 94 valence electrons. The maximum absolute atomic E-state index is 5.86. The van der Waals surface area contributed by atoms with Crippen LogP contribution in [0.1, 0.15) is 11.3 Å². The molecule has 1 aromatic rings. The number of likely N-dealkylation sites (N-methyl/N-ethyl adjacent to an activating group) is 1. The van der Waals surface area contributed by atoms with Crippen LogP contribution < -0.4 is 5.73 Å². The third-order valence-corrected chi connectivity index (χ3v) is 3.50. The van der Waals surface area contributed by atoms with Gasteiger partial charge in [0.1, 0.15) is 0 Å². The Kier molecular flexibility index (Phi) is 3.97. The number of hydrogen-bond donors (Lipinski definition) is 1. The van der Waals surface area contributed by atoms with Gasteiger partial charge in [-0.25, -0.2) is 0 Å². The number of nitrogens with zero attached hydrogens (tertiary/aromatic N) is 3. The molecule has 1 fully saturated rings. The van der Waals surface area contributed by atoms with Crippen molar-refractivity contribution in [2.45, 2.75) is 13.3 Å². The predicted molar refractivity (Wildman–Crippen MR) is 71.0 cm³/mol. The number of pyridine rings is 1. The molecule has 1 aliphatic rings. The van der Waals surface area contributed by atoms with Crippen LogP contribution in [-0.2, 0) is 6.42 Å². The summed E-state index contributed by atoms with van der Waals surface area (Å²) >= 11 is 0. The van der Waals surface area contributed by atoms with Crippen molar-refractivity contribution in [2.75, 3.05) is 45.5 Å². The molecule has 0 aromatic carbocycles. The number of aryl methyl sites for hydroxylation is 1. The Balaban J connectivity index is 1.83. The van der Waals surface area contributed by atoms with E-state index in [1.165, 1.54) is 31.7 Å². The molecular weight excluding hydrogens is 212 g/mol. The maximum Gasteiger partial charge on any atom is 0.0601 e. The Morgan fingerprint density at radius 3 is 2.65 bits per heavy atom. The highest BCUT2D eigenvalue weighted by atomic mass is 15.2. The smallest absolute Gasteiger partial charge is 0.0601 e. The molecule has 1 aliphatic heterocycles. The second kappa shape index (κ2) is 5.47. The van der Waals surface area contributed by atoms with Gasteiger partial charge < -0.3 is 15.5 Å². The highest BCUT2D eigenvalue weighted by molar-refractivity contribution is 5.43. The van der Waals surface area contributed by atoms with Crippen LogP contribution >= 0.6 is 0 Å². The standard InChI is InChI=1S/C13H22N4/c1-11-13(14)9-12(10-15-11)3-4-17-7-5-16(2)6-8-17/h9-10H,3-8,14H2,1-2H3. The van der Waals surface area contributed by atoms with Crippen molar-refractivity contribution in [3.63, 3.8) is 0 Å². The van der Waals surface area contributed by atoms with E-state index in [0.717, 1.165) is 24.3 Å². The van der Waals surface area contributed by atoms with E-state index in [0.29, 0.717) is 0 Å². The van der Waals surface area contributed by atoms with Crippen molar-refractivity contribution in [3.05, 3.63) is 23.5 Å². The van der Waals surface area contributed by atoms with Gasteiger partial charge in [-0.3, -0.25) is 4.98 Å². The molecule has 0 atom stereocenters. The lowest BCUT2D eigenvalue weighted by Crippen LogP contribution is -2.45. The van der Waals surface area contributed by atoms with Crippen LogP contribution in [0.5, 0.6) is 0 Å². The molecule has 0 aliphatic carbocycles. The normalized spacial score (nSPS) is 18.5. The molecule has 0 spiro atoms. The van der Waals surface area contributed by atoms with Gasteiger partial charge in [0.15, 0.2) is 0 Å². The molecule has 1 aromatic heterocycles. The summed E-state index contributed by atoms with van der Waals surface area (Å²) in [7, 11) is 2.18. The van der Waals surface area contributed by atoms with Crippen molar-refractivity contribution in [1.29, 1.82) is 0 Å². The molecular formula is C13H22N4. The molecule has 0 unspecified atom stereocenters. The molecule has 17 heavy (non-hydrogen) atoms. The first-order valence-electron chi connectivity index (χ1n) is 6.27. The summed E-state index contributed by atoms with van der Waals surface area (Å²) in [5.74, 6) is 0. The highest BCUT2D eigenvalue weighted by Gasteiger charge is 2.13. The topological polar surface area (TPSA) is 45.4 Å². The molecule has 2 N–H and O–H groups in total. The number of nitrogens with two attached hydrogens (primary N) is 1. The summed E-state index contributed by atoms with van der Waals surface area (Å²) in [6.45, 7) is 7.75. The summed E-state index contributed by atoms with van der Waals surface area (Å²) in [4.78, 5) is 9.19. The third kappa shape index (κ3) is 3.41. The fourth-order valence-corrected chi connectivity index (χ4v) is 2.09. The van der Waals surface area contributed by atoms with Gasteiger partial charge in [0.2, 0.25) is 0 Å². The summed E-state index contributed by atoms with van der Waals surface area (Å²) < 4.78 is 0. The van der Waals surface area contributed by atoms with Gasteiger partial charge >= 0.3 is 0 Å². The Morgan fingerprint density at radius 2 is 2.00 bits per heavy atom. The quantitative estimate of drug-likeness (QED) is 0.839. The molecule has 1 saturated heterocycles. The number of piperazine rings is 1. The van der Waals surface area contributed by atoms with Crippen molar-refractivity contribution in [3.8, 4) is 0 Å². The van der Waals surface area contributed by atoms with Crippen molar-refractivity contribution in [1.82, 2.24) is 14.8 Å². The third-order valence-electron chi connectivity index (χ3n) is 3.50. The zero-order chi connectivity index (χ0) is 12.3. The molecule has 4 nitrogen and oxygen atoms in total. The fourth-order valence-electron chi connectivity index (χ4n) is 2.09. The van der Waals surface area contributed by atoms with E-state index in [-0.39, 0.29) is 0 Å². The van der Waals surface area contributed by atoms with Crippen molar-refractivity contribution in [2.24, 2.45) is 0 Å². The predicted octanol–water partition coefficient (Wildman–Crippen LogP) is 0.762. The molecule has 2 heterocycles. The number of anilines is 1. The Hall–Kier alpha value is -1.13. The first-order valence-corrected chi connectivity index (χ1v) is 6.27. The van der Waals surface area contributed by atoms with Gasteiger partial charge in [-0.05, 0) is 32.0 Å². The number of nitrogen functional groups attached to an aromatic ring is 1. The monoisotopic (exact) mass is 234 g/mol. The molecule has 0 saturated carbocycles. The SMILES string of the molecule is Cc1ncc(CCN2CCN(C)CC2)cc1N. The number of hydrogen-bond acceptors (Lipinski definition) is 4. The van der Waals surface area contributed by atoms with E-state index in [1.54, 1.807) is 0 Å². The van der Waals surface area contributed by atoms with E-state index in [4.69, 9.17) is 5.73 Å². The molecule has 2 rings (SSSR count). The van der Waals surface area contributed by atoms with E-state index in [9.17, 15) is 0 Å². The molecule has 0 radical (unpaired) electrons. The summed E-state index contributed by atoms with van der Waals surface area (Å²) in [6, 6.07) is 2.05. The Morgan fingerprint density at radius 1 is 1.29 bits per heavy atom. The molecule has 0 amide bonds. The van der Waals surface area contributed by atoms with Gasteiger partial charge in [0.25, 0.3) is 0 Å². The lowest BCUT2D eigenvalue weighted by molar-refractivity contribution is 0.155. The van der Waals surface area contributed by atoms with Crippen LogP contribution in [0.3, 0.4) is 0 Å². The van der Waals surface area contributed by atoms with Crippen molar-refractivity contribution < 1.29 is 0 Å². The van der Waals surface area contributed by atoms with Gasteiger partial charge in [0, 0.05) is 38.9 Å². The van der Waals surface area contributed by atoms with Crippen LogP contribution in [0.25, 0.3) is 0 Å². The summed E-state index contributed by atoms with van der Waals surface area (Å²) in [5.41, 5.74) is 8.84. The summed E-state index contributed by atoms with van der Waals surface area (Å²) in [5, 5.41) is 0. The maximum atomic E-state index is 5.86. The van der Waals surface area contributed by atoms with E-state index >= 15 is 0 Å². The zero-order valence-electron chi connectivity index (χ0n) is 10.8. The Bertz CT molecular complexity index is 370. The summed E-state index contributed by atoms with van der Waals surface area (Å²) in [6.07, 6.45) is 2.99. The molecule has 4 heteroatoms. The minimum atomic E-state index is 0.806. The second-order valence-corrected chi connectivity index (χ2v) is 4.91. The van der Waals surface area contributed by atoms with Gasteiger partial charge in [0.05, 0.1) is 11.4 Å². The lowest BCUT2D eigenvalue weighted by atomic mass is 10.1. The van der Waals surface area contributed by atoms with Crippen LogP contribution in [0.4, 0.5) is 5.69 Å². The highest BCUT2D eigenvalue weighted by Crippen LogP contribution is 2.11. The van der Waals surface area contributed by atoms with Crippen LogP contribution in [0, 0.1) is 6.92 Å².